The number of hydrogen-bond donors (Lipinski definition) is 1. The highest BCUT2D eigenvalue weighted by Crippen LogP contribution is 2.30. The number of carbonyl (C=O) groups excluding carboxylic acids is 2. The van der Waals surface area contributed by atoms with Crippen molar-refractivity contribution >= 4 is 23.5 Å². The maximum atomic E-state index is 13.0. The number of piperidine rings is 1. The van der Waals surface area contributed by atoms with Gasteiger partial charge in [0.15, 0.2) is 0 Å². The lowest BCUT2D eigenvalue weighted by Crippen LogP contribution is -2.58. The monoisotopic (exact) mass is 395 g/mol. The molecule has 152 valence electrons. The minimum atomic E-state index is -0.366. The number of anilines is 2. The summed E-state index contributed by atoms with van der Waals surface area (Å²) in [7, 11) is 0. The van der Waals surface area contributed by atoms with Gasteiger partial charge in [0.05, 0.1) is 24.3 Å². The Kier molecular flexibility index (Phi) is 5.44. The third-order valence-electron chi connectivity index (χ3n) is 5.58. The van der Waals surface area contributed by atoms with E-state index in [0.29, 0.717) is 44.3 Å². The molecule has 0 atom stereocenters. The maximum Gasteiger partial charge on any atom is 0.257 e. The van der Waals surface area contributed by atoms with Gasteiger partial charge in [-0.05, 0) is 25.0 Å². The van der Waals surface area contributed by atoms with Gasteiger partial charge >= 0.3 is 0 Å². The Balaban J connectivity index is 1.39. The average Bonchev–Trinajstić information content (AvgIpc) is 2.75. The highest BCUT2D eigenvalue weighted by Gasteiger charge is 2.41. The molecular formula is C21H25N5O3. The minimum Gasteiger partial charge on any atom is -0.371 e. The zero-order valence-corrected chi connectivity index (χ0v) is 16.5. The number of ether oxygens (including phenoxy) is 1. The number of nitrogens with one attached hydrogen (secondary N) is 1. The van der Waals surface area contributed by atoms with Crippen LogP contribution in [0, 0.1) is 0 Å². The van der Waals surface area contributed by atoms with E-state index in [2.05, 4.69) is 15.3 Å². The van der Waals surface area contributed by atoms with Gasteiger partial charge in [-0.1, -0.05) is 18.2 Å². The van der Waals surface area contributed by atoms with E-state index in [9.17, 15) is 9.59 Å². The van der Waals surface area contributed by atoms with Gasteiger partial charge < -0.3 is 19.9 Å². The van der Waals surface area contributed by atoms with Gasteiger partial charge in [0.2, 0.25) is 11.9 Å². The van der Waals surface area contributed by atoms with Crippen LogP contribution < -0.4 is 5.32 Å². The molecule has 1 aromatic carbocycles. The number of aromatic nitrogens is 2. The number of morpholine rings is 1. The number of hydrogen-bond acceptors (Lipinski definition) is 6. The molecule has 2 aliphatic heterocycles. The first-order valence-corrected chi connectivity index (χ1v) is 9.88. The Morgan fingerprint density at radius 1 is 1.03 bits per heavy atom. The first-order valence-electron chi connectivity index (χ1n) is 9.88. The van der Waals surface area contributed by atoms with Crippen molar-refractivity contribution in [3.05, 3.63) is 48.3 Å². The summed E-state index contributed by atoms with van der Waals surface area (Å²) >= 11 is 0. The number of likely N-dealkylation sites (tertiary alicyclic amines) is 1. The van der Waals surface area contributed by atoms with E-state index >= 15 is 0 Å². The normalized spacial score (nSPS) is 18.5. The van der Waals surface area contributed by atoms with Gasteiger partial charge in [0.1, 0.15) is 0 Å². The number of amides is 2. The Morgan fingerprint density at radius 3 is 2.38 bits per heavy atom. The molecular weight excluding hydrogens is 370 g/mol. The summed E-state index contributed by atoms with van der Waals surface area (Å²) in [6, 6.07) is 9.64. The number of rotatable bonds is 3. The lowest BCUT2D eigenvalue weighted by atomic mass is 9.89. The predicted octanol–water partition coefficient (Wildman–Crippen LogP) is 2.07. The third-order valence-corrected chi connectivity index (χ3v) is 5.58. The highest BCUT2D eigenvalue weighted by atomic mass is 16.5. The van der Waals surface area contributed by atoms with E-state index in [1.165, 1.54) is 0 Å². The predicted molar refractivity (Wildman–Crippen MR) is 108 cm³/mol. The van der Waals surface area contributed by atoms with Crippen molar-refractivity contribution in [1.29, 1.82) is 0 Å². The van der Waals surface area contributed by atoms with Crippen LogP contribution in [0.4, 0.5) is 11.6 Å². The highest BCUT2D eigenvalue weighted by molar-refractivity contribution is 5.93. The van der Waals surface area contributed by atoms with Crippen LogP contribution in [-0.4, -0.2) is 70.0 Å². The fourth-order valence-corrected chi connectivity index (χ4v) is 3.89. The van der Waals surface area contributed by atoms with Crippen molar-refractivity contribution in [2.24, 2.45) is 0 Å². The van der Waals surface area contributed by atoms with Crippen LogP contribution in [0.3, 0.4) is 0 Å². The van der Waals surface area contributed by atoms with Crippen molar-refractivity contribution < 1.29 is 14.3 Å². The second kappa shape index (κ2) is 8.16. The molecule has 0 aliphatic carbocycles. The number of benzene rings is 1. The van der Waals surface area contributed by atoms with Crippen molar-refractivity contribution in [2.45, 2.75) is 25.4 Å². The maximum absolute atomic E-state index is 13.0. The molecule has 1 spiro atoms. The van der Waals surface area contributed by atoms with E-state index in [1.54, 1.807) is 19.3 Å². The molecule has 2 amide bonds. The summed E-state index contributed by atoms with van der Waals surface area (Å²) < 4.78 is 6.06. The van der Waals surface area contributed by atoms with Crippen LogP contribution in [0.15, 0.2) is 42.7 Å². The van der Waals surface area contributed by atoms with Crippen molar-refractivity contribution in [3.8, 4) is 0 Å². The number of carbonyl (C=O) groups is 2. The summed E-state index contributed by atoms with van der Waals surface area (Å²) in [5.41, 5.74) is 0.982. The zero-order chi connectivity index (χ0) is 20.3. The Labute approximate surface area is 169 Å². The van der Waals surface area contributed by atoms with Crippen LogP contribution in [0.5, 0.6) is 0 Å². The summed E-state index contributed by atoms with van der Waals surface area (Å²) in [5.74, 6) is 0.445. The van der Waals surface area contributed by atoms with Crippen molar-refractivity contribution in [3.63, 3.8) is 0 Å². The van der Waals surface area contributed by atoms with E-state index < -0.39 is 0 Å². The lowest BCUT2D eigenvalue weighted by molar-refractivity contribution is -0.145. The molecule has 0 unspecified atom stereocenters. The van der Waals surface area contributed by atoms with Crippen LogP contribution in [0.2, 0.25) is 0 Å². The second-order valence-corrected chi connectivity index (χ2v) is 7.55. The Hall–Kier alpha value is -3.00. The minimum absolute atomic E-state index is 0.0879. The molecule has 8 nitrogen and oxygen atoms in total. The van der Waals surface area contributed by atoms with E-state index in [1.807, 2.05) is 40.1 Å². The van der Waals surface area contributed by atoms with Gasteiger partial charge in [0.25, 0.3) is 5.91 Å². The third kappa shape index (κ3) is 4.37. The van der Waals surface area contributed by atoms with E-state index in [4.69, 9.17) is 4.74 Å². The van der Waals surface area contributed by atoms with Gasteiger partial charge in [-0.25, -0.2) is 9.97 Å². The first kappa shape index (κ1) is 19.3. The molecule has 2 fully saturated rings. The second-order valence-electron chi connectivity index (χ2n) is 7.55. The Morgan fingerprint density at radius 2 is 1.72 bits per heavy atom. The average molecular weight is 395 g/mol. The molecule has 3 heterocycles. The molecule has 4 rings (SSSR count). The van der Waals surface area contributed by atoms with Gasteiger partial charge in [-0.2, -0.15) is 0 Å². The molecule has 0 bridgehead atoms. The fraction of sp³-hybridized carbons (Fsp3) is 0.429. The number of para-hydroxylation sites is 1. The molecule has 29 heavy (non-hydrogen) atoms. The van der Waals surface area contributed by atoms with Crippen LogP contribution in [-0.2, 0) is 9.53 Å². The molecule has 1 aromatic heterocycles. The molecule has 8 heteroatoms. The standard InChI is InChI=1S/C21H25N5O3/c1-16(27)25-9-7-21(8-10-25)15-26(11-12-29-21)19(28)17-13-22-20(23-14-17)24-18-5-3-2-4-6-18/h2-6,13-14H,7-12,15H2,1H3,(H,22,23,24). The number of nitrogens with zero attached hydrogens (tertiary/aromatic N) is 4. The summed E-state index contributed by atoms with van der Waals surface area (Å²) in [5, 5.41) is 3.11. The van der Waals surface area contributed by atoms with Gasteiger partial charge in [-0.3, -0.25) is 9.59 Å². The largest absolute Gasteiger partial charge is 0.371 e. The van der Waals surface area contributed by atoms with Crippen LogP contribution in [0.1, 0.15) is 30.1 Å². The Bertz CT molecular complexity index is 864. The molecule has 2 aromatic rings. The molecule has 2 saturated heterocycles. The van der Waals surface area contributed by atoms with Crippen molar-refractivity contribution in [1.82, 2.24) is 19.8 Å². The van der Waals surface area contributed by atoms with Crippen LogP contribution >= 0.6 is 0 Å². The SMILES string of the molecule is CC(=O)N1CCC2(CC1)CN(C(=O)c1cnc(Nc3ccccc3)nc1)CCO2. The van der Waals surface area contributed by atoms with Crippen molar-refractivity contribution in [2.75, 3.05) is 38.1 Å². The van der Waals surface area contributed by atoms with E-state index in [0.717, 1.165) is 18.5 Å². The molecule has 2 aliphatic rings. The van der Waals surface area contributed by atoms with Gasteiger partial charge in [-0.15, -0.1) is 0 Å². The molecule has 1 N–H and O–H groups in total. The fourth-order valence-electron chi connectivity index (χ4n) is 3.89. The first-order chi connectivity index (χ1) is 14.0. The summed E-state index contributed by atoms with van der Waals surface area (Å²) in [6.07, 6.45) is 4.60. The van der Waals surface area contributed by atoms with Crippen LogP contribution in [0.25, 0.3) is 0 Å². The molecule has 0 radical (unpaired) electrons. The smallest absolute Gasteiger partial charge is 0.257 e. The zero-order valence-electron chi connectivity index (χ0n) is 16.5. The quantitative estimate of drug-likeness (QED) is 0.856. The summed E-state index contributed by atoms with van der Waals surface area (Å²) in [4.78, 5) is 36.8. The topological polar surface area (TPSA) is 87.7 Å². The molecule has 0 saturated carbocycles. The summed E-state index contributed by atoms with van der Waals surface area (Å²) in [6.45, 7) is 4.50. The van der Waals surface area contributed by atoms with Gasteiger partial charge in [0, 0.05) is 44.6 Å². The van der Waals surface area contributed by atoms with E-state index in [-0.39, 0.29) is 17.4 Å². The lowest BCUT2D eigenvalue weighted by Gasteiger charge is -2.47.